The molecular weight excluding hydrogens is 380 g/mol. The fourth-order valence-corrected chi connectivity index (χ4v) is 3.84. The van der Waals surface area contributed by atoms with Crippen LogP contribution in [0.5, 0.6) is 0 Å². The molecule has 0 unspecified atom stereocenters. The highest BCUT2D eigenvalue weighted by molar-refractivity contribution is 4.86. The Morgan fingerprint density at radius 2 is 1.27 bits per heavy atom. The van der Waals surface area contributed by atoms with Crippen LogP contribution in [0.4, 0.5) is 0 Å². The minimum atomic E-state index is -1.15. The van der Waals surface area contributed by atoms with Gasteiger partial charge in [0.15, 0.2) is 0 Å². The first-order chi connectivity index (χ1) is 14.7. The van der Waals surface area contributed by atoms with E-state index in [9.17, 15) is 15.3 Å². The van der Waals surface area contributed by atoms with Crippen molar-refractivity contribution in [2.24, 2.45) is 0 Å². The van der Waals surface area contributed by atoms with E-state index in [-0.39, 0.29) is 13.2 Å². The number of aliphatic hydroxyl groups is 3. The zero-order valence-corrected chi connectivity index (χ0v) is 19.4. The second kappa shape index (κ2) is 19.2. The van der Waals surface area contributed by atoms with E-state index >= 15 is 0 Å². The molecular formula is C25H48O5. The van der Waals surface area contributed by atoms with Crippen LogP contribution in [0.2, 0.25) is 0 Å². The predicted molar refractivity (Wildman–Crippen MR) is 123 cm³/mol. The number of rotatable bonds is 19. The van der Waals surface area contributed by atoms with Crippen molar-refractivity contribution in [1.29, 1.82) is 0 Å². The van der Waals surface area contributed by atoms with Crippen molar-refractivity contribution >= 4 is 0 Å². The summed E-state index contributed by atoms with van der Waals surface area (Å²) in [5.41, 5.74) is 0. The fraction of sp³-hybridized carbons (Fsp3) is 0.920. The average molecular weight is 429 g/mol. The minimum Gasteiger partial charge on any atom is -0.388 e. The molecule has 0 aromatic heterocycles. The van der Waals surface area contributed by atoms with Gasteiger partial charge < -0.3 is 24.8 Å². The monoisotopic (exact) mass is 428 g/mol. The van der Waals surface area contributed by atoms with E-state index in [4.69, 9.17) is 9.47 Å². The fourth-order valence-electron chi connectivity index (χ4n) is 3.84. The Kier molecular flexibility index (Phi) is 17.7. The van der Waals surface area contributed by atoms with Gasteiger partial charge in [-0.3, -0.25) is 0 Å². The lowest BCUT2D eigenvalue weighted by Gasteiger charge is -2.35. The Balaban J connectivity index is 1.79. The molecule has 1 aliphatic heterocycles. The lowest BCUT2D eigenvalue weighted by atomic mass is 10.0. The number of hydrogen-bond acceptors (Lipinski definition) is 5. The van der Waals surface area contributed by atoms with Crippen LogP contribution in [0.25, 0.3) is 0 Å². The van der Waals surface area contributed by atoms with Crippen LogP contribution in [-0.4, -0.2) is 59.6 Å². The molecule has 0 aliphatic carbocycles. The summed E-state index contributed by atoms with van der Waals surface area (Å²) < 4.78 is 10.9. The topological polar surface area (TPSA) is 79.2 Å². The Labute approximate surface area is 184 Å². The second-order valence-corrected chi connectivity index (χ2v) is 8.79. The standard InChI is InChI=1S/C25H48O5/c1-2-3-4-5-6-7-8-9-10-11-12-13-14-15-16-17-18-19-29-21-23-25(28)24(27)22(26)20-30-23/h11-12,22-28H,2-10,13-21H2,1H3/b12-11+/t22-,23+,24+,25+/m1/s1. The molecule has 0 bridgehead atoms. The van der Waals surface area contributed by atoms with Crippen LogP contribution in [0, 0.1) is 0 Å². The molecule has 1 aliphatic rings. The van der Waals surface area contributed by atoms with Gasteiger partial charge in [-0.05, 0) is 32.1 Å². The van der Waals surface area contributed by atoms with E-state index in [1.165, 1.54) is 83.5 Å². The first kappa shape index (κ1) is 27.6. The molecule has 1 rings (SSSR count). The molecule has 0 aromatic carbocycles. The summed E-state index contributed by atoms with van der Waals surface area (Å²) in [7, 11) is 0. The third-order valence-electron chi connectivity index (χ3n) is 5.94. The van der Waals surface area contributed by atoms with E-state index in [0.29, 0.717) is 6.61 Å². The maximum Gasteiger partial charge on any atom is 0.111 e. The van der Waals surface area contributed by atoms with Crippen molar-refractivity contribution in [3.05, 3.63) is 12.2 Å². The zero-order chi connectivity index (χ0) is 21.9. The van der Waals surface area contributed by atoms with Crippen molar-refractivity contribution in [3.63, 3.8) is 0 Å². The van der Waals surface area contributed by atoms with E-state index in [1.54, 1.807) is 0 Å². The van der Waals surface area contributed by atoms with Crippen LogP contribution in [0.15, 0.2) is 12.2 Å². The average Bonchev–Trinajstić information content (AvgIpc) is 2.75. The highest BCUT2D eigenvalue weighted by atomic mass is 16.6. The molecule has 1 heterocycles. The van der Waals surface area contributed by atoms with Gasteiger partial charge in [0.2, 0.25) is 0 Å². The number of allylic oxidation sites excluding steroid dienone is 2. The molecule has 0 amide bonds. The van der Waals surface area contributed by atoms with E-state index in [2.05, 4.69) is 19.1 Å². The Bertz CT molecular complexity index is 401. The van der Waals surface area contributed by atoms with E-state index in [1.807, 2.05) is 0 Å². The molecule has 5 nitrogen and oxygen atoms in total. The van der Waals surface area contributed by atoms with Gasteiger partial charge in [-0.2, -0.15) is 0 Å². The Hall–Kier alpha value is -0.460. The van der Waals surface area contributed by atoms with Crippen molar-refractivity contribution in [1.82, 2.24) is 0 Å². The Morgan fingerprint density at radius 1 is 0.733 bits per heavy atom. The van der Waals surface area contributed by atoms with Gasteiger partial charge in [0.05, 0.1) is 13.2 Å². The summed E-state index contributed by atoms with van der Waals surface area (Å²) in [5, 5.41) is 28.9. The first-order valence-corrected chi connectivity index (χ1v) is 12.5. The number of aliphatic hydroxyl groups excluding tert-OH is 3. The van der Waals surface area contributed by atoms with Gasteiger partial charge >= 0.3 is 0 Å². The second-order valence-electron chi connectivity index (χ2n) is 8.79. The maximum atomic E-state index is 9.84. The van der Waals surface area contributed by atoms with Gasteiger partial charge in [0, 0.05) is 6.61 Å². The van der Waals surface area contributed by atoms with Crippen molar-refractivity contribution in [3.8, 4) is 0 Å². The molecule has 5 heteroatoms. The van der Waals surface area contributed by atoms with Crippen molar-refractivity contribution < 1.29 is 24.8 Å². The van der Waals surface area contributed by atoms with Gasteiger partial charge in [-0.1, -0.05) is 83.3 Å². The summed E-state index contributed by atoms with van der Waals surface area (Å²) in [6, 6.07) is 0. The third-order valence-corrected chi connectivity index (χ3v) is 5.94. The third kappa shape index (κ3) is 13.8. The largest absolute Gasteiger partial charge is 0.388 e. The van der Waals surface area contributed by atoms with Crippen LogP contribution in [0.3, 0.4) is 0 Å². The lowest BCUT2D eigenvalue weighted by Crippen LogP contribution is -2.54. The minimum absolute atomic E-state index is 0.0415. The predicted octanol–water partition coefficient (Wildman–Crippen LogP) is 4.91. The van der Waals surface area contributed by atoms with Gasteiger partial charge in [0.1, 0.15) is 24.4 Å². The van der Waals surface area contributed by atoms with E-state index in [0.717, 1.165) is 12.8 Å². The van der Waals surface area contributed by atoms with Crippen molar-refractivity contribution in [2.75, 3.05) is 19.8 Å². The van der Waals surface area contributed by atoms with Gasteiger partial charge in [-0.15, -0.1) is 0 Å². The lowest BCUT2D eigenvalue weighted by molar-refractivity contribution is -0.199. The first-order valence-electron chi connectivity index (χ1n) is 12.5. The summed E-state index contributed by atoms with van der Waals surface area (Å²) in [5.74, 6) is 0. The molecule has 0 saturated carbocycles. The summed E-state index contributed by atoms with van der Waals surface area (Å²) >= 11 is 0. The smallest absolute Gasteiger partial charge is 0.111 e. The molecule has 0 radical (unpaired) electrons. The maximum absolute atomic E-state index is 9.84. The molecule has 0 spiro atoms. The molecule has 178 valence electrons. The molecule has 0 aromatic rings. The van der Waals surface area contributed by atoms with Crippen LogP contribution in [0.1, 0.15) is 103 Å². The number of ether oxygens (including phenoxy) is 2. The van der Waals surface area contributed by atoms with Crippen LogP contribution in [-0.2, 0) is 9.47 Å². The van der Waals surface area contributed by atoms with Crippen LogP contribution >= 0.6 is 0 Å². The summed E-state index contributed by atoms with van der Waals surface area (Å²) in [4.78, 5) is 0. The summed E-state index contributed by atoms with van der Waals surface area (Å²) in [6.07, 6.45) is 20.3. The highest BCUT2D eigenvalue weighted by Gasteiger charge is 2.37. The molecule has 30 heavy (non-hydrogen) atoms. The van der Waals surface area contributed by atoms with E-state index < -0.39 is 24.4 Å². The Morgan fingerprint density at radius 3 is 1.87 bits per heavy atom. The quantitative estimate of drug-likeness (QED) is 0.201. The highest BCUT2D eigenvalue weighted by Crippen LogP contribution is 2.16. The SMILES string of the molecule is CCCCCCCCCC/C=C/CCCCCCCOC[C@@H]1OC[C@@H](O)[C@H](O)[C@H]1O. The van der Waals surface area contributed by atoms with Crippen molar-refractivity contribution in [2.45, 2.75) is 128 Å². The van der Waals surface area contributed by atoms with Crippen LogP contribution < -0.4 is 0 Å². The molecule has 1 fully saturated rings. The normalized spacial score (nSPS) is 24.7. The number of unbranched alkanes of at least 4 members (excludes halogenated alkanes) is 13. The van der Waals surface area contributed by atoms with Gasteiger partial charge in [0.25, 0.3) is 0 Å². The molecule has 4 atom stereocenters. The van der Waals surface area contributed by atoms with Gasteiger partial charge in [-0.25, -0.2) is 0 Å². The molecule has 3 N–H and O–H groups in total. The number of hydrogen-bond donors (Lipinski definition) is 3. The molecule has 1 saturated heterocycles. The summed E-state index contributed by atoms with van der Waals surface area (Å²) in [6.45, 7) is 3.21. The zero-order valence-electron chi connectivity index (χ0n) is 19.4.